The lowest BCUT2D eigenvalue weighted by Crippen LogP contribution is -2.59. The van der Waals surface area contributed by atoms with Crippen molar-refractivity contribution in [2.24, 2.45) is 5.92 Å². The second kappa shape index (κ2) is 17.5. The van der Waals surface area contributed by atoms with Gasteiger partial charge >= 0.3 is 11.9 Å². The number of carbonyl (C=O) groups excluding carboxylic acids is 4. The van der Waals surface area contributed by atoms with E-state index >= 15 is 0 Å². The molecule has 0 bridgehead atoms. The van der Waals surface area contributed by atoms with Crippen molar-refractivity contribution in [1.29, 1.82) is 0 Å². The number of rotatable bonds is 16. The molecule has 0 saturated carbocycles. The molecule has 0 radical (unpaired) electrons. The second-order valence-electron chi connectivity index (χ2n) is 13.9. The Morgan fingerprint density at radius 2 is 1.68 bits per heavy atom. The maximum absolute atomic E-state index is 14.4. The van der Waals surface area contributed by atoms with E-state index in [-0.39, 0.29) is 25.8 Å². The molecule has 0 fully saturated rings. The number of carbonyl (C=O) groups is 6. The Balaban J connectivity index is 1.59. The number of benzene rings is 2. The van der Waals surface area contributed by atoms with Crippen LogP contribution in [0.5, 0.6) is 0 Å². The summed E-state index contributed by atoms with van der Waals surface area (Å²) < 4.78 is 23.6. The quantitative estimate of drug-likeness (QED) is 0.145. The topological polar surface area (TPSA) is 228 Å². The molecule has 4 rings (SSSR count). The Morgan fingerprint density at radius 3 is 2.32 bits per heavy atom. The summed E-state index contributed by atoms with van der Waals surface area (Å²) in [4.78, 5) is 80.0. The third kappa shape index (κ3) is 11.1. The van der Waals surface area contributed by atoms with E-state index in [0.717, 1.165) is 40.1 Å². The highest BCUT2D eigenvalue weighted by Crippen LogP contribution is 2.32. The molecular formula is C37H47N5O10S. The highest BCUT2D eigenvalue weighted by Gasteiger charge is 2.41. The van der Waals surface area contributed by atoms with Gasteiger partial charge in [0.15, 0.2) is 9.84 Å². The molecule has 16 heteroatoms. The van der Waals surface area contributed by atoms with Crippen molar-refractivity contribution in [3.8, 4) is 0 Å². The molecule has 1 unspecified atom stereocenters. The van der Waals surface area contributed by atoms with E-state index < -0.39 is 88.0 Å². The summed E-state index contributed by atoms with van der Waals surface area (Å²) in [6.07, 6.45) is 1.95. The number of hydrogen-bond acceptors (Lipinski definition) is 9. The summed E-state index contributed by atoms with van der Waals surface area (Å²) in [5.74, 6) is -5.39. The largest absolute Gasteiger partial charge is 0.481 e. The van der Waals surface area contributed by atoms with E-state index in [2.05, 4.69) is 21.3 Å². The first-order chi connectivity index (χ1) is 24.9. The molecule has 53 heavy (non-hydrogen) atoms. The van der Waals surface area contributed by atoms with Gasteiger partial charge < -0.3 is 36.4 Å². The Morgan fingerprint density at radius 1 is 0.962 bits per heavy atom. The Bertz CT molecular complexity index is 1850. The van der Waals surface area contributed by atoms with E-state index in [1.165, 1.54) is 4.90 Å². The minimum absolute atomic E-state index is 0.0179. The molecule has 2 aromatic rings. The van der Waals surface area contributed by atoms with E-state index in [9.17, 15) is 47.4 Å². The lowest BCUT2D eigenvalue weighted by molar-refractivity contribution is -0.146. The maximum Gasteiger partial charge on any atom is 0.305 e. The van der Waals surface area contributed by atoms with E-state index in [1.54, 1.807) is 26.0 Å². The number of nitrogens with zero attached hydrogens (tertiary/aromatic N) is 1. The van der Waals surface area contributed by atoms with Gasteiger partial charge in [0.25, 0.3) is 0 Å². The fraction of sp³-hybridized carbons (Fsp3) is 0.459. The molecule has 0 aromatic heterocycles. The highest BCUT2D eigenvalue weighted by atomic mass is 32.2. The monoisotopic (exact) mass is 753 g/mol. The summed E-state index contributed by atoms with van der Waals surface area (Å²) in [6, 6.07) is 7.27. The number of fused-ring (bicyclic) bond motifs is 2. The van der Waals surface area contributed by atoms with Gasteiger partial charge in [-0.1, -0.05) is 61.9 Å². The summed E-state index contributed by atoms with van der Waals surface area (Å²) >= 11 is 0. The molecule has 2 aliphatic rings. The fourth-order valence-corrected chi connectivity index (χ4v) is 7.01. The van der Waals surface area contributed by atoms with Crippen LogP contribution in [0, 0.1) is 12.8 Å². The summed E-state index contributed by atoms with van der Waals surface area (Å²) in [5.41, 5.74) is 3.93. The minimum atomic E-state index is -3.66. The molecule has 2 aromatic carbocycles. The number of anilines is 1. The molecule has 6 N–H and O–H groups in total. The smallest absolute Gasteiger partial charge is 0.305 e. The van der Waals surface area contributed by atoms with Crippen molar-refractivity contribution in [3.05, 3.63) is 76.2 Å². The zero-order chi connectivity index (χ0) is 39.0. The lowest BCUT2D eigenvalue weighted by Gasteiger charge is -2.40. The third-order valence-electron chi connectivity index (χ3n) is 9.17. The van der Waals surface area contributed by atoms with Gasteiger partial charge in [-0.05, 0) is 54.9 Å². The van der Waals surface area contributed by atoms with Gasteiger partial charge in [-0.25, -0.2) is 8.42 Å². The Labute approximate surface area is 308 Å². The van der Waals surface area contributed by atoms with Crippen molar-refractivity contribution < 1.29 is 47.4 Å². The molecular weight excluding hydrogens is 706 g/mol. The van der Waals surface area contributed by atoms with Crippen molar-refractivity contribution in [2.45, 2.75) is 89.5 Å². The number of nitrogens with one attached hydrogen (secondary N) is 4. The Hall–Kier alpha value is -5.25. The van der Waals surface area contributed by atoms with Crippen LogP contribution in [0.2, 0.25) is 0 Å². The van der Waals surface area contributed by atoms with E-state index in [0.29, 0.717) is 18.4 Å². The predicted octanol–water partition coefficient (Wildman–Crippen LogP) is 1.86. The van der Waals surface area contributed by atoms with Crippen molar-refractivity contribution in [1.82, 2.24) is 20.9 Å². The molecule has 0 aliphatic carbocycles. The van der Waals surface area contributed by atoms with Gasteiger partial charge in [-0.2, -0.15) is 0 Å². The third-order valence-corrected chi connectivity index (χ3v) is 9.82. The van der Waals surface area contributed by atoms with Crippen LogP contribution in [0.1, 0.15) is 67.8 Å². The maximum atomic E-state index is 14.4. The number of carboxylic acids is 2. The number of hydrogen-bond donors (Lipinski definition) is 6. The molecule has 0 spiro atoms. The first kappa shape index (κ1) is 40.5. The number of aliphatic carboxylic acids is 2. The minimum Gasteiger partial charge on any atom is -0.481 e. The van der Waals surface area contributed by atoms with Gasteiger partial charge in [0.05, 0.1) is 12.5 Å². The van der Waals surface area contributed by atoms with Crippen LogP contribution >= 0.6 is 0 Å². The SMILES string of the molecule is Cc1ccc2c(c1)CCN(C(=O)[C@@H](NC(=O)[C@H](CCCC(=O)O)NC(=O)C1Cc3ccccc3N1)C(C)C)[C@@H]2C(=O)N[C@H](/C=C/S(C)(=O)=O)CC(=O)O. The number of para-hydroxylation sites is 1. The zero-order valence-electron chi connectivity index (χ0n) is 30.1. The van der Waals surface area contributed by atoms with Crippen LogP contribution in [0.25, 0.3) is 0 Å². The average molecular weight is 754 g/mol. The van der Waals surface area contributed by atoms with Crippen LogP contribution in [-0.2, 0) is 51.4 Å². The normalized spacial score (nSPS) is 18.2. The first-order valence-electron chi connectivity index (χ1n) is 17.4. The molecule has 4 amide bonds. The van der Waals surface area contributed by atoms with Gasteiger partial charge in [0, 0.05) is 36.7 Å². The predicted molar refractivity (Wildman–Crippen MR) is 195 cm³/mol. The van der Waals surface area contributed by atoms with Crippen molar-refractivity contribution >= 4 is 51.1 Å². The lowest BCUT2D eigenvalue weighted by atomic mass is 9.89. The van der Waals surface area contributed by atoms with Gasteiger partial charge in [0.1, 0.15) is 24.2 Å². The summed E-state index contributed by atoms with van der Waals surface area (Å²) in [6.45, 7) is 5.36. The molecule has 15 nitrogen and oxygen atoms in total. The van der Waals surface area contributed by atoms with Crippen LogP contribution in [0.3, 0.4) is 0 Å². The molecule has 2 aliphatic heterocycles. The zero-order valence-corrected chi connectivity index (χ0v) is 30.9. The Kier molecular flexibility index (Phi) is 13.4. The molecule has 286 valence electrons. The number of carboxylic acid groups (broad SMARTS) is 2. The fourth-order valence-electron chi connectivity index (χ4n) is 6.53. The van der Waals surface area contributed by atoms with Gasteiger partial charge in [-0.15, -0.1) is 0 Å². The summed E-state index contributed by atoms with van der Waals surface area (Å²) in [5, 5.41) is 30.7. The van der Waals surface area contributed by atoms with Crippen LogP contribution in [-0.4, -0.2) is 96.1 Å². The second-order valence-corrected chi connectivity index (χ2v) is 15.8. The standard InChI is InChI=1S/C37H47N5O10S/c1-21(2)32(41-34(47)28(10-7-11-30(43)44)40-35(48)29-19-24-8-5-6-9-27(24)39-29)37(50)42-16-14-23-18-22(3)12-13-26(23)33(42)36(49)38-25(20-31(45)46)15-17-53(4,51)52/h5-6,8-9,12-13,15,17-18,21,25,28-29,32-33,39H,7,10-11,14,16,19-20H2,1-4H3,(H,38,49)(H,40,48)(H,41,47)(H,43,44)(H,45,46)/b17-15+/t25-,28+,29?,32+,33+/m1/s1. The van der Waals surface area contributed by atoms with E-state index in [4.69, 9.17) is 0 Å². The first-order valence-corrected chi connectivity index (χ1v) is 19.4. The molecule has 0 saturated heterocycles. The highest BCUT2D eigenvalue weighted by molar-refractivity contribution is 7.93. The van der Waals surface area contributed by atoms with Crippen LogP contribution in [0.15, 0.2) is 53.9 Å². The van der Waals surface area contributed by atoms with Crippen molar-refractivity contribution in [3.63, 3.8) is 0 Å². The van der Waals surface area contributed by atoms with Gasteiger partial charge in [0.2, 0.25) is 23.6 Å². The molecule has 2 heterocycles. The summed E-state index contributed by atoms with van der Waals surface area (Å²) in [7, 11) is -3.66. The van der Waals surface area contributed by atoms with Gasteiger partial charge in [-0.3, -0.25) is 28.8 Å². The van der Waals surface area contributed by atoms with Crippen molar-refractivity contribution in [2.75, 3.05) is 18.1 Å². The average Bonchev–Trinajstić information content (AvgIpc) is 3.52. The number of aryl methyl sites for hydroxylation is 1. The van der Waals surface area contributed by atoms with Crippen LogP contribution in [0.4, 0.5) is 5.69 Å². The number of sulfone groups is 1. The molecule has 5 atom stereocenters. The number of amides is 4. The van der Waals surface area contributed by atoms with E-state index in [1.807, 2.05) is 37.3 Å². The van der Waals surface area contributed by atoms with Crippen LogP contribution < -0.4 is 21.3 Å².